The van der Waals surface area contributed by atoms with Gasteiger partial charge in [0, 0.05) is 54.5 Å². The fourth-order valence-electron chi connectivity index (χ4n) is 6.31. The molecule has 0 aliphatic carbocycles. The summed E-state index contributed by atoms with van der Waals surface area (Å²) in [7, 11) is -1.46. The molecule has 50 heavy (non-hydrogen) atoms. The number of aliphatic hydroxyl groups is 1. The first kappa shape index (κ1) is 38.9. The number of hydrogen-bond acceptors (Lipinski definition) is 5. The number of carbonyl (C=O) groups is 1. The van der Waals surface area contributed by atoms with E-state index in [1.54, 1.807) is 0 Å². The molecule has 1 radical (unpaired) electrons. The van der Waals surface area contributed by atoms with E-state index in [2.05, 4.69) is 97.4 Å². The van der Waals surface area contributed by atoms with Crippen LogP contribution in [0.1, 0.15) is 59.1 Å². The Bertz CT molecular complexity index is 2110. The first-order valence-electron chi connectivity index (χ1n) is 17.6. The van der Waals surface area contributed by atoms with Crippen LogP contribution in [0.2, 0.25) is 19.6 Å². The topological polar surface area (TPSA) is 76.2 Å². The van der Waals surface area contributed by atoms with Crippen LogP contribution in [0, 0.1) is 24.8 Å². The predicted molar refractivity (Wildman–Crippen MR) is 208 cm³/mol. The summed E-state index contributed by atoms with van der Waals surface area (Å²) in [6.07, 6.45) is 4.91. The zero-order valence-electron chi connectivity index (χ0n) is 30.6. The Kier molecular flexibility index (Phi) is 13.1. The molecule has 0 unspecified atom stereocenters. The van der Waals surface area contributed by atoms with E-state index in [4.69, 9.17) is 9.40 Å². The van der Waals surface area contributed by atoms with Crippen molar-refractivity contribution in [1.82, 2.24) is 9.97 Å². The van der Waals surface area contributed by atoms with Gasteiger partial charge in [0.15, 0.2) is 5.78 Å². The second kappa shape index (κ2) is 16.9. The minimum Gasteiger partial charge on any atom is -0.512 e. The van der Waals surface area contributed by atoms with Gasteiger partial charge in [0.25, 0.3) is 0 Å². The summed E-state index contributed by atoms with van der Waals surface area (Å²) >= 11 is 0. The quantitative estimate of drug-likeness (QED) is 0.0643. The van der Waals surface area contributed by atoms with Crippen LogP contribution in [0.15, 0.2) is 95.1 Å². The molecule has 0 atom stereocenters. The van der Waals surface area contributed by atoms with E-state index in [-0.39, 0.29) is 43.5 Å². The molecule has 0 amide bonds. The molecule has 0 aliphatic rings. The van der Waals surface area contributed by atoms with Gasteiger partial charge >= 0.3 is 0 Å². The van der Waals surface area contributed by atoms with Crippen LogP contribution in [0.4, 0.5) is 0 Å². The smallest absolute Gasteiger partial charge is 0.216 e. The zero-order valence-corrected chi connectivity index (χ0v) is 34.0. The summed E-state index contributed by atoms with van der Waals surface area (Å²) in [5.41, 5.74) is 7.64. The third-order valence-corrected chi connectivity index (χ3v) is 11.6. The van der Waals surface area contributed by atoms with E-state index < -0.39 is 8.07 Å². The van der Waals surface area contributed by atoms with Gasteiger partial charge in [-0.05, 0) is 67.6 Å². The molecule has 0 bridgehead atoms. The average molecular weight is 862 g/mol. The fraction of sp³-hybridized carbons (Fsp3) is 0.326. The third kappa shape index (κ3) is 8.69. The third-order valence-electron chi connectivity index (χ3n) is 9.53. The van der Waals surface area contributed by atoms with Crippen molar-refractivity contribution in [3.63, 3.8) is 0 Å². The molecule has 0 fully saturated rings. The number of rotatable bonds is 10. The van der Waals surface area contributed by atoms with Gasteiger partial charge in [-0.1, -0.05) is 106 Å². The van der Waals surface area contributed by atoms with Crippen molar-refractivity contribution in [1.29, 1.82) is 0 Å². The van der Waals surface area contributed by atoms with E-state index in [0.29, 0.717) is 5.71 Å². The molecule has 0 spiro atoms. The van der Waals surface area contributed by atoms with E-state index in [0.717, 1.165) is 64.5 Å². The van der Waals surface area contributed by atoms with Crippen molar-refractivity contribution in [3.05, 3.63) is 102 Å². The molecule has 263 valence electrons. The SMILES string of the molecule is CCC(CC)C(=O)/C=C(\O)C(CC)CC.Cc1ccc2c(n1)oc1c[c-]c(-c3cc(-c4ccccc4)c4cc([Si](C)(C)C)ccc4n3)cc12.[Ir]. The van der Waals surface area contributed by atoms with Crippen LogP contribution in [0.25, 0.3) is 55.4 Å². The van der Waals surface area contributed by atoms with Gasteiger partial charge in [-0.3, -0.25) is 9.78 Å². The van der Waals surface area contributed by atoms with E-state index in [9.17, 15) is 9.90 Å². The number of aryl methyl sites for hydroxylation is 1. The first-order valence-corrected chi connectivity index (χ1v) is 21.1. The minimum absolute atomic E-state index is 0. The van der Waals surface area contributed by atoms with Crippen LogP contribution >= 0.6 is 0 Å². The van der Waals surface area contributed by atoms with Crippen molar-refractivity contribution in [2.75, 3.05) is 0 Å². The number of furan rings is 1. The Hall–Kier alpha value is -3.90. The monoisotopic (exact) mass is 862 g/mol. The second-order valence-corrected chi connectivity index (χ2v) is 19.0. The summed E-state index contributed by atoms with van der Waals surface area (Å²) in [6.45, 7) is 17.2. The Morgan fingerprint density at radius 2 is 1.52 bits per heavy atom. The number of carbonyl (C=O) groups excluding carboxylic acids is 1. The first-order chi connectivity index (χ1) is 23.5. The Balaban J connectivity index is 0.000000301. The van der Waals surface area contributed by atoms with Crippen molar-refractivity contribution in [3.8, 4) is 22.4 Å². The summed E-state index contributed by atoms with van der Waals surface area (Å²) in [5.74, 6) is 0.547. The Morgan fingerprint density at radius 1 is 0.840 bits per heavy atom. The van der Waals surface area contributed by atoms with Gasteiger partial charge < -0.3 is 9.52 Å². The number of nitrogens with zero attached hydrogens (tertiary/aromatic N) is 2. The number of fused-ring (bicyclic) bond motifs is 4. The summed E-state index contributed by atoms with van der Waals surface area (Å²) in [6, 6.07) is 31.1. The van der Waals surface area contributed by atoms with Crippen LogP contribution < -0.4 is 5.19 Å². The number of ketones is 1. The molecule has 0 saturated carbocycles. The second-order valence-electron chi connectivity index (χ2n) is 13.9. The van der Waals surface area contributed by atoms with E-state index >= 15 is 0 Å². The van der Waals surface area contributed by atoms with Gasteiger partial charge in [-0.2, -0.15) is 0 Å². The van der Waals surface area contributed by atoms with Gasteiger partial charge in [0.05, 0.1) is 24.9 Å². The molecule has 3 aromatic heterocycles. The number of hydrogen-bond donors (Lipinski definition) is 1. The molecule has 6 rings (SSSR count). The van der Waals surface area contributed by atoms with Crippen LogP contribution in [-0.2, 0) is 24.9 Å². The number of pyridine rings is 2. The van der Waals surface area contributed by atoms with Crippen molar-refractivity contribution < 1.29 is 34.4 Å². The number of allylic oxidation sites excluding steroid dienone is 2. The standard InChI is InChI=1S/C30H25N2OSi.C13H24O2.Ir/c1-19-10-13-23-26-16-21(11-15-29(26)33-30(23)31-19)28-18-24(20-8-6-5-7-9-20)25-17-22(34(2,3)4)12-14-27(25)32-28;1-5-10(6-2)12(14)9-13(15)11(7-3)8-4;/h5-10,12-18H,1-4H3;9-11,14H,5-8H2,1-4H3;/q-1;;/b;12-9-;. The molecular formula is C43H49IrN2O3Si-. The van der Waals surface area contributed by atoms with E-state index in [1.807, 2.05) is 46.8 Å². The summed E-state index contributed by atoms with van der Waals surface area (Å²) < 4.78 is 5.97. The van der Waals surface area contributed by atoms with Crippen molar-refractivity contribution >= 4 is 52.0 Å². The zero-order chi connectivity index (χ0) is 35.3. The largest absolute Gasteiger partial charge is 0.512 e. The maximum absolute atomic E-state index is 11.7. The molecule has 3 aromatic carbocycles. The predicted octanol–water partition coefficient (Wildman–Crippen LogP) is 11.4. The maximum atomic E-state index is 11.7. The number of benzene rings is 3. The molecule has 5 nitrogen and oxygen atoms in total. The van der Waals surface area contributed by atoms with Crippen LogP contribution in [0.3, 0.4) is 0 Å². The van der Waals surface area contributed by atoms with Crippen LogP contribution in [-0.4, -0.2) is 28.9 Å². The van der Waals surface area contributed by atoms with Crippen LogP contribution in [0.5, 0.6) is 0 Å². The molecule has 3 heterocycles. The van der Waals surface area contributed by atoms with E-state index in [1.165, 1.54) is 27.8 Å². The van der Waals surface area contributed by atoms with Gasteiger partial charge in [0.2, 0.25) is 5.71 Å². The molecule has 6 aromatic rings. The molecule has 0 saturated heterocycles. The van der Waals surface area contributed by atoms with Gasteiger partial charge in [-0.25, -0.2) is 4.98 Å². The molecule has 0 aliphatic heterocycles. The Labute approximate surface area is 311 Å². The molecule has 1 N–H and O–H groups in total. The fourth-order valence-corrected chi connectivity index (χ4v) is 7.47. The number of aromatic nitrogens is 2. The van der Waals surface area contributed by atoms with Crippen molar-refractivity contribution in [2.24, 2.45) is 11.8 Å². The minimum atomic E-state index is -1.46. The molecule has 7 heteroatoms. The summed E-state index contributed by atoms with van der Waals surface area (Å²) in [5, 5.41) is 14.4. The van der Waals surface area contributed by atoms with Gasteiger partial charge in [0.1, 0.15) is 0 Å². The normalized spacial score (nSPS) is 12.0. The number of aliphatic hydroxyl groups excluding tert-OH is 1. The Morgan fingerprint density at radius 3 is 2.16 bits per heavy atom. The van der Waals surface area contributed by atoms with Gasteiger partial charge in [-0.15, -0.1) is 23.8 Å². The molecular weight excluding hydrogens is 813 g/mol. The van der Waals surface area contributed by atoms with Crippen molar-refractivity contribution in [2.45, 2.75) is 79.9 Å². The average Bonchev–Trinajstić information content (AvgIpc) is 3.45. The maximum Gasteiger partial charge on any atom is 0.216 e. The summed E-state index contributed by atoms with van der Waals surface area (Å²) in [4.78, 5) is 21.3.